The van der Waals surface area contributed by atoms with Crippen LogP contribution in [0.5, 0.6) is 0 Å². The average Bonchev–Trinajstić information content (AvgIpc) is 3.13. The third kappa shape index (κ3) is 3.23. The van der Waals surface area contributed by atoms with E-state index in [2.05, 4.69) is 18.7 Å². The van der Waals surface area contributed by atoms with Gasteiger partial charge in [-0.25, -0.2) is 0 Å². The van der Waals surface area contributed by atoms with Crippen molar-refractivity contribution >= 4 is 5.97 Å². The fraction of sp³-hybridized carbons (Fsp3) is 0.929. The largest absolute Gasteiger partial charge is 0.481 e. The van der Waals surface area contributed by atoms with Crippen LogP contribution < -0.4 is 0 Å². The molecule has 18 heavy (non-hydrogen) atoms. The van der Waals surface area contributed by atoms with Gasteiger partial charge in [-0.1, -0.05) is 0 Å². The van der Waals surface area contributed by atoms with Gasteiger partial charge >= 0.3 is 5.97 Å². The first-order chi connectivity index (χ1) is 8.53. The molecule has 1 heterocycles. The molecule has 104 valence electrons. The average molecular weight is 255 g/mol. The van der Waals surface area contributed by atoms with Gasteiger partial charge in [0.2, 0.25) is 0 Å². The Morgan fingerprint density at radius 2 is 2.22 bits per heavy atom. The third-order valence-corrected chi connectivity index (χ3v) is 4.20. The maximum atomic E-state index is 11.6. The highest BCUT2D eigenvalue weighted by Crippen LogP contribution is 2.34. The van der Waals surface area contributed by atoms with Crippen molar-refractivity contribution < 1.29 is 14.6 Å². The number of aliphatic carboxylic acids is 1. The lowest BCUT2D eigenvalue weighted by Crippen LogP contribution is -2.50. The minimum Gasteiger partial charge on any atom is -0.481 e. The van der Waals surface area contributed by atoms with E-state index in [0.717, 1.165) is 25.3 Å². The predicted octanol–water partition coefficient (Wildman–Crippen LogP) is 1.99. The molecule has 0 spiro atoms. The summed E-state index contributed by atoms with van der Waals surface area (Å²) in [7, 11) is 0. The van der Waals surface area contributed by atoms with Crippen molar-refractivity contribution in [2.45, 2.75) is 45.6 Å². The second kappa shape index (κ2) is 5.57. The van der Waals surface area contributed by atoms with Crippen molar-refractivity contribution in [3.63, 3.8) is 0 Å². The number of carbonyl (C=O) groups is 1. The van der Waals surface area contributed by atoms with Gasteiger partial charge in [0.25, 0.3) is 0 Å². The molecule has 1 aliphatic heterocycles. The van der Waals surface area contributed by atoms with Gasteiger partial charge in [0.1, 0.15) is 5.41 Å². The normalized spacial score (nSPS) is 28.9. The van der Waals surface area contributed by atoms with Crippen LogP contribution in [0, 0.1) is 11.3 Å². The van der Waals surface area contributed by atoms with Crippen LogP contribution in [0.15, 0.2) is 0 Å². The Hall–Kier alpha value is -0.610. The standard InChI is InChI=1S/C14H25NO3/c1-11(2)15(8-12-4-5-12)9-14(13(16)17)6-3-7-18-10-14/h11-12H,3-10H2,1-2H3,(H,16,17). The predicted molar refractivity (Wildman–Crippen MR) is 69.6 cm³/mol. The van der Waals surface area contributed by atoms with Crippen LogP contribution in [0.25, 0.3) is 0 Å². The van der Waals surface area contributed by atoms with Crippen molar-refractivity contribution in [2.75, 3.05) is 26.3 Å². The second-order valence-electron chi connectivity index (χ2n) is 6.21. The number of hydrogen-bond acceptors (Lipinski definition) is 3. The Bertz CT molecular complexity index is 293. The molecule has 0 amide bonds. The molecule has 2 aliphatic rings. The first-order valence-corrected chi connectivity index (χ1v) is 7.09. The van der Waals surface area contributed by atoms with E-state index < -0.39 is 11.4 Å². The van der Waals surface area contributed by atoms with E-state index in [4.69, 9.17) is 4.74 Å². The van der Waals surface area contributed by atoms with Crippen LogP contribution in [0.4, 0.5) is 0 Å². The Labute approximate surface area is 109 Å². The molecule has 4 heteroatoms. The molecule has 0 aromatic rings. The summed E-state index contributed by atoms with van der Waals surface area (Å²) >= 11 is 0. The van der Waals surface area contributed by atoms with Gasteiger partial charge in [-0.15, -0.1) is 0 Å². The van der Waals surface area contributed by atoms with E-state index in [1.165, 1.54) is 12.8 Å². The zero-order valence-corrected chi connectivity index (χ0v) is 11.5. The summed E-state index contributed by atoms with van der Waals surface area (Å²) in [6, 6.07) is 0.406. The number of carboxylic acid groups (broad SMARTS) is 1. The molecule has 0 radical (unpaired) electrons. The number of carboxylic acids is 1. The summed E-state index contributed by atoms with van der Waals surface area (Å²) in [6.45, 7) is 7.07. The molecule has 1 N–H and O–H groups in total. The van der Waals surface area contributed by atoms with Crippen LogP contribution in [-0.4, -0.2) is 48.3 Å². The third-order valence-electron chi connectivity index (χ3n) is 4.20. The number of ether oxygens (including phenoxy) is 1. The Morgan fingerprint density at radius 1 is 1.50 bits per heavy atom. The molecule has 4 nitrogen and oxygen atoms in total. The van der Waals surface area contributed by atoms with Gasteiger partial charge in [-0.05, 0) is 45.4 Å². The van der Waals surface area contributed by atoms with Crippen molar-refractivity contribution in [2.24, 2.45) is 11.3 Å². The highest BCUT2D eigenvalue weighted by molar-refractivity contribution is 5.75. The van der Waals surface area contributed by atoms with Gasteiger partial charge in [-0.2, -0.15) is 0 Å². The highest BCUT2D eigenvalue weighted by Gasteiger charge is 2.43. The SMILES string of the molecule is CC(C)N(CC1CC1)CC1(C(=O)O)CCCOC1. The van der Waals surface area contributed by atoms with E-state index in [-0.39, 0.29) is 0 Å². The summed E-state index contributed by atoms with van der Waals surface area (Å²) in [5.74, 6) is 0.103. The van der Waals surface area contributed by atoms with E-state index in [0.29, 0.717) is 25.8 Å². The van der Waals surface area contributed by atoms with Crippen molar-refractivity contribution in [1.82, 2.24) is 4.90 Å². The van der Waals surface area contributed by atoms with Crippen LogP contribution in [-0.2, 0) is 9.53 Å². The van der Waals surface area contributed by atoms with Gasteiger partial charge < -0.3 is 9.84 Å². The zero-order chi connectivity index (χ0) is 13.2. The van der Waals surface area contributed by atoms with Crippen molar-refractivity contribution in [3.05, 3.63) is 0 Å². The lowest BCUT2D eigenvalue weighted by atomic mass is 9.81. The highest BCUT2D eigenvalue weighted by atomic mass is 16.5. The number of rotatable bonds is 6. The molecule has 1 atom stereocenters. The molecule has 0 bridgehead atoms. The first kappa shape index (κ1) is 13.8. The summed E-state index contributed by atoms with van der Waals surface area (Å²) < 4.78 is 5.44. The Balaban J connectivity index is 2.02. The first-order valence-electron chi connectivity index (χ1n) is 7.09. The molecule has 0 aromatic heterocycles. The van der Waals surface area contributed by atoms with E-state index in [9.17, 15) is 9.90 Å². The summed E-state index contributed by atoms with van der Waals surface area (Å²) in [5.41, 5.74) is -0.683. The minimum absolute atomic E-state index is 0.371. The van der Waals surface area contributed by atoms with Crippen LogP contribution >= 0.6 is 0 Å². The lowest BCUT2D eigenvalue weighted by molar-refractivity contribution is -0.160. The van der Waals surface area contributed by atoms with Gasteiger partial charge in [0, 0.05) is 25.7 Å². The quantitative estimate of drug-likeness (QED) is 0.788. The van der Waals surface area contributed by atoms with Crippen LogP contribution in [0.1, 0.15) is 39.5 Å². The zero-order valence-electron chi connectivity index (χ0n) is 11.5. The summed E-state index contributed by atoms with van der Waals surface area (Å²) in [4.78, 5) is 14.0. The van der Waals surface area contributed by atoms with Gasteiger partial charge in [0.05, 0.1) is 6.61 Å². The molecule has 1 aliphatic carbocycles. The smallest absolute Gasteiger partial charge is 0.313 e. The summed E-state index contributed by atoms with van der Waals surface area (Å²) in [6.07, 6.45) is 4.22. The molecule has 0 aromatic carbocycles. The summed E-state index contributed by atoms with van der Waals surface area (Å²) in [5, 5.41) is 9.56. The number of hydrogen-bond donors (Lipinski definition) is 1. The van der Waals surface area contributed by atoms with Crippen molar-refractivity contribution in [1.29, 1.82) is 0 Å². The minimum atomic E-state index is -0.691. The fourth-order valence-electron chi connectivity index (χ4n) is 2.69. The molecule has 1 unspecified atom stereocenters. The van der Waals surface area contributed by atoms with E-state index in [1.54, 1.807) is 0 Å². The molecule has 2 fully saturated rings. The fourth-order valence-corrected chi connectivity index (χ4v) is 2.69. The maximum absolute atomic E-state index is 11.6. The molecule has 1 saturated heterocycles. The molecular weight excluding hydrogens is 230 g/mol. The van der Waals surface area contributed by atoms with E-state index in [1.807, 2.05) is 0 Å². The maximum Gasteiger partial charge on any atom is 0.313 e. The van der Waals surface area contributed by atoms with Crippen LogP contribution in [0.2, 0.25) is 0 Å². The topological polar surface area (TPSA) is 49.8 Å². The van der Waals surface area contributed by atoms with E-state index >= 15 is 0 Å². The Morgan fingerprint density at radius 3 is 2.67 bits per heavy atom. The molecule has 1 saturated carbocycles. The lowest BCUT2D eigenvalue weighted by Gasteiger charge is -2.39. The molecule has 2 rings (SSSR count). The Kier molecular flexibility index (Phi) is 4.28. The van der Waals surface area contributed by atoms with Crippen molar-refractivity contribution in [3.8, 4) is 0 Å². The number of nitrogens with zero attached hydrogens (tertiary/aromatic N) is 1. The monoisotopic (exact) mass is 255 g/mol. The van der Waals surface area contributed by atoms with Gasteiger partial charge in [0.15, 0.2) is 0 Å². The van der Waals surface area contributed by atoms with Gasteiger partial charge in [-0.3, -0.25) is 9.69 Å². The molecular formula is C14H25NO3. The van der Waals surface area contributed by atoms with Crippen LogP contribution in [0.3, 0.4) is 0 Å². The second-order valence-corrected chi connectivity index (χ2v) is 6.21.